The van der Waals surface area contributed by atoms with Gasteiger partial charge >= 0.3 is 0 Å². The van der Waals surface area contributed by atoms with E-state index in [1.165, 1.54) is 0 Å². The van der Waals surface area contributed by atoms with Crippen molar-refractivity contribution in [3.05, 3.63) is 29.3 Å². The van der Waals surface area contributed by atoms with Crippen LogP contribution in [-0.4, -0.2) is 30.4 Å². The number of anilines is 1. The van der Waals surface area contributed by atoms with Crippen molar-refractivity contribution >= 4 is 41.5 Å². The molecule has 1 aromatic carbocycles. The number of rotatable bonds is 3. The van der Waals surface area contributed by atoms with Crippen LogP contribution >= 0.6 is 24.0 Å². The van der Waals surface area contributed by atoms with E-state index in [1.807, 2.05) is 0 Å². The third-order valence-corrected chi connectivity index (χ3v) is 3.33. The van der Waals surface area contributed by atoms with Gasteiger partial charge in [-0.25, -0.2) is 0 Å². The molecule has 0 aliphatic carbocycles. The third kappa shape index (κ3) is 3.62. The van der Waals surface area contributed by atoms with Crippen molar-refractivity contribution < 1.29 is 9.59 Å². The van der Waals surface area contributed by atoms with Crippen molar-refractivity contribution in [3.8, 4) is 0 Å². The van der Waals surface area contributed by atoms with Crippen LogP contribution in [0.2, 0.25) is 5.02 Å². The second-order valence-corrected chi connectivity index (χ2v) is 5.04. The molecule has 1 heterocycles. The summed E-state index contributed by atoms with van der Waals surface area (Å²) in [5.41, 5.74) is 6.25. The molecule has 20 heavy (non-hydrogen) atoms. The number of hydrogen-bond acceptors (Lipinski definition) is 3. The number of carbonyl (C=O) groups excluding carboxylic acids is 2. The van der Waals surface area contributed by atoms with E-state index in [2.05, 4.69) is 5.32 Å². The van der Waals surface area contributed by atoms with Gasteiger partial charge in [-0.05, 0) is 37.6 Å². The molecule has 1 fully saturated rings. The Balaban J connectivity index is 0.00000200. The van der Waals surface area contributed by atoms with Gasteiger partial charge in [-0.2, -0.15) is 0 Å². The molecule has 0 saturated carbocycles. The number of nitrogens with two attached hydrogens (primary N) is 1. The van der Waals surface area contributed by atoms with Gasteiger partial charge < -0.3 is 16.0 Å². The smallest absolute Gasteiger partial charge is 0.249 e. The van der Waals surface area contributed by atoms with Gasteiger partial charge in [0.25, 0.3) is 0 Å². The van der Waals surface area contributed by atoms with Crippen LogP contribution in [0.5, 0.6) is 0 Å². The summed E-state index contributed by atoms with van der Waals surface area (Å²) in [7, 11) is 0. The molecule has 5 nitrogen and oxygen atoms in total. The Kier molecular flexibility index (Phi) is 5.80. The maximum atomic E-state index is 12.2. The zero-order chi connectivity index (χ0) is 14.0. The molecule has 1 aliphatic rings. The molecule has 2 atom stereocenters. The van der Waals surface area contributed by atoms with Crippen LogP contribution in [0.1, 0.15) is 13.3 Å². The van der Waals surface area contributed by atoms with Crippen molar-refractivity contribution in [2.24, 2.45) is 5.73 Å². The van der Waals surface area contributed by atoms with Gasteiger partial charge in [-0.1, -0.05) is 11.6 Å². The van der Waals surface area contributed by atoms with Crippen molar-refractivity contribution in [1.29, 1.82) is 0 Å². The maximum Gasteiger partial charge on any atom is 0.249 e. The highest BCUT2D eigenvalue weighted by atomic mass is 35.5. The largest absolute Gasteiger partial charge is 0.343 e. The van der Waals surface area contributed by atoms with Crippen molar-refractivity contribution in [2.45, 2.75) is 25.4 Å². The minimum absolute atomic E-state index is 0. The zero-order valence-corrected chi connectivity index (χ0v) is 12.6. The lowest BCUT2D eigenvalue weighted by Crippen LogP contribution is -2.47. The molecule has 2 amide bonds. The summed E-state index contributed by atoms with van der Waals surface area (Å²) < 4.78 is 0. The van der Waals surface area contributed by atoms with Gasteiger partial charge in [0.1, 0.15) is 6.04 Å². The first-order valence-electron chi connectivity index (χ1n) is 6.12. The Morgan fingerprint density at radius 2 is 2.05 bits per heavy atom. The Morgan fingerprint density at radius 3 is 2.60 bits per heavy atom. The van der Waals surface area contributed by atoms with Gasteiger partial charge in [0.2, 0.25) is 11.8 Å². The van der Waals surface area contributed by atoms with Crippen LogP contribution in [-0.2, 0) is 9.59 Å². The first kappa shape index (κ1) is 16.8. The topological polar surface area (TPSA) is 75.4 Å². The molecular weight excluding hydrogens is 301 g/mol. The molecule has 1 aromatic rings. The normalized spacial score (nSPS) is 19.4. The molecule has 1 unspecified atom stereocenters. The van der Waals surface area contributed by atoms with E-state index in [0.29, 0.717) is 18.0 Å². The van der Waals surface area contributed by atoms with Gasteiger partial charge in [0, 0.05) is 17.3 Å². The van der Waals surface area contributed by atoms with Crippen LogP contribution in [0.15, 0.2) is 24.3 Å². The number of carbonyl (C=O) groups is 2. The van der Waals surface area contributed by atoms with E-state index in [0.717, 1.165) is 5.69 Å². The van der Waals surface area contributed by atoms with Crippen LogP contribution < -0.4 is 16.0 Å². The van der Waals surface area contributed by atoms with Crippen LogP contribution in [0.3, 0.4) is 0 Å². The molecule has 0 bridgehead atoms. The lowest BCUT2D eigenvalue weighted by Gasteiger charge is -2.17. The van der Waals surface area contributed by atoms with Gasteiger partial charge in [0.15, 0.2) is 0 Å². The number of halogens is 2. The summed E-state index contributed by atoms with van der Waals surface area (Å²) in [6.07, 6.45) is 0.583. The summed E-state index contributed by atoms with van der Waals surface area (Å²) in [6, 6.07) is 5.94. The van der Waals surface area contributed by atoms with E-state index in [1.54, 1.807) is 36.1 Å². The zero-order valence-electron chi connectivity index (χ0n) is 11.0. The highest BCUT2D eigenvalue weighted by molar-refractivity contribution is 6.30. The molecule has 0 radical (unpaired) electrons. The highest BCUT2D eigenvalue weighted by Gasteiger charge is 2.33. The highest BCUT2D eigenvalue weighted by Crippen LogP contribution is 2.23. The lowest BCUT2D eigenvalue weighted by atomic mass is 10.2. The Morgan fingerprint density at radius 1 is 1.45 bits per heavy atom. The van der Waals surface area contributed by atoms with Crippen molar-refractivity contribution in [1.82, 2.24) is 5.32 Å². The standard InChI is InChI=1S/C13H16ClN3O2.ClH/c1-8(15)12(18)16-11-6-7-17(13(11)19)10-4-2-9(14)3-5-10;/h2-5,8,11H,6-7,15H2,1H3,(H,16,18);1H/t8-,11?;/m1./s1. The van der Waals surface area contributed by atoms with Crippen LogP contribution in [0.25, 0.3) is 0 Å². The summed E-state index contributed by atoms with van der Waals surface area (Å²) >= 11 is 5.81. The lowest BCUT2D eigenvalue weighted by molar-refractivity contribution is -0.127. The third-order valence-electron chi connectivity index (χ3n) is 3.07. The van der Waals surface area contributed by atoms with Gasteiger partial charge in [-0.15, -0.1) is 12.4 Å². The SMILES string of the molecule is C[C@@H](N)C(=O)NC1CCN(c2ccc(Cl)cc2)C1=O.Cl. The monoisotopic (exact) mass is 317 g/mol. The Hall–Kier alpha value is -1.30. The van der Waals surface area contributed by atoms with E-state index < -0.39 is 12.1 Å². The quantitative estimate of drug-likeness (QED) is 0.883. The fourth-order valence-corrected chi connectivity index (χ4v) is 2.12. The number of nitrogens with one attached hydrogen (secondary N) is 1. The second-order valence-electron chi connectivity index (χ2n) is 4.60. The van der Waals surface area contributed by atoms with Gasteiger partial charge in [-0.3, -0.25) is 9.59 Å². The molecule has 2 rings (SSSR count). The number of amides is 2. The van der Waals surface area contributed by atoms with E-state index in [-0.39, 0.29) is 24.2 Å². The van der Waals surface area contributed by atoms with Crippen LogP contribution in [0, 0.1) is 0 Å². The fraction of sp³-hybridized carbons (Fsp3) is 0.385. The number of benzene rings is 1. The predicted octanol–water partition coefficient (Wildman–Crippen LogP) is 1.33. The van der Waals surface area contributed by atoms with E-state index in [4.69, 9.17) is 17.3 Å². The first-order valence-corrected chi connectivity index (χ1v) is 6.49. The number of nitrogens with zero attached hydrogens (tertiary/aromatic N) is 1. The molecule has 1 saturated heterocycles. The summed E-state index contributed by atoms with van der Waals surface area (Å²) in [6.45, 7) is 2.16. The fourth-order valence-electron chi connectivity index (χ4n) is 1.99. The Bertz CT molecular complexity index is 491. The Labute approximate surface area is 128 Å². The summed E-state index contributed by atoms with van der Waals surface area (Å²) in [5.74, 6) is -0.423. The molecule has 3 N–H and O–H groups in total. The second kappa shape index (κ2) is 6.92. The predicted molar refractivity (Wildman–Crippen MR) is 81.3 cm³/mol. The van der Waals surface area contributed by atoms with E-state index >= 15 is 0 Å². The molecule has 1 aliphatic heterocycles. The molecule has 0 spiro atoms. The van der Waals surface area contributed by atoms with Gasteiger partial charge in [0.05, 0.1) is 6.04 Å². The molecular formula is C13H17Cl2N3O2. The van der Waals surface area contributed by atoms with Crippen molar-refractivity contribution in [2.75, 3.05) is 11.4 Å². The molecule has 0 aromatic heterocycles. The molecule has 110 valence electrons. The van der Waals surface area contributed by atoms with E-state index in [9.17, 15) is 9.59 Å². The minimum atomic E-state index is -0.614. The average molecular weight is 318 g/mol. The first-order chi connectivity index (χ1) is 8.99. The van der Waals surface area contributed by atoms with Crippen molar-refractivity contribution in [3.63, 3.8) is 0 Å². The maximum absolute atomic E-state index is 12.2. The average Bonchev–Trinajstić information content (AvgIpc) is 2.72. The summed E-state index contributed by atoms with van der Waals surface area (Å²) in [4.78, 5) is 25.3. The minimum Gasteiger partial charge on any atom is -0.343 e. The summed E-state index contributed by atoms with van der Waals surface area (Å²) in [5, 5.41) is 3.28. The number of hydrogen-bond donors (Lipinski definition) is 2. The molecule has 7 heteroatoms. The van der Waals surface area contributed by atoms with Crippen LogP contribution in [0.4, 0.5) is 5.69 Å².